The molecular formula is C25H35N5O3. The summed E-state index contributed by atoms with van der Waals surface area (Å²) in [6.45, 7) is 6.69. The summed E-state index contributed by atoms with van der Waals surface area (Å²) in [6, 6.07) is 9.60. The maximum atomic E-state index is 13.1. The van der Waals surface area contributed by atoms with Crippen LogP contribution in [0.4, 0.5) is 0 Å². The lowest BCUT2D eigenvalue weighted by Crippen LogP contribution is -2.52. The van der Waals surface area contributed by atoms with Gasteiger partial charge in [-0.25, -0.2) is 0 Å². The normalized spacial score (nSPS) is 16.2. The molecule has 1 aromatic carbocycles. The number of likely N-dealkylation sites (N-methyl/N-ethyl adjacent to an activating group) is 1. The van der Waals surface area contributed by atoms with E-state index in [4.69, 9.17) is 0 Å². The molecule has 1 aliphatic rings. The van der Waals surface area contributed by atoms with Gasteiger partial charge in [-0.1, -0.05) is 24.3 Å². The molecule has 2 heterocycles. The molecule has 0 radical (unpaired) electrons. The molecule has 2 atom stereocenters. The molecule has 8 heteroatoms. The number of hydrogen-bond acceptors (Lipinski definition) is 4. The smallest absolute Gasteiger partial charge is 0.244 e. The van der Waals surface area contributed by atoms with Crippen molar-refractivity contribution in [1.82, 2.24) is 24.9 Å². The molecule has 1 aliphatic heterocycles. The molecule has 0 saturated carbocycles. The van der Waals surface area contributed by atoms with E-state index in [1.807, 2.05) is 35.0 Å². The Hall–Kier alpha value is -3.16. The molecule has 0 bridgehead atoms. The quantitative estimate of drug-likeness (QED) is 0.663. The summed E-state index contributed by atoms with van der Waals surface area (Å²) in [5.74, 6) is 0.0370. The van der Waals surface area contributed by atoms with E-state index >= 15 is 0 Å². The highest BCUT2D eigenvalue weighted by molar-refractivity contribution is 5.86. The van der Waals surface area contributed by atoms with Crippen LogP contribution in [0.5, 0.6) is 0 Å². The first-order chi connectivity index (χ1) is 15.8. The van der Waals surface area contributed by atoms with E-state index in [0.717, 1.165) is 19.3 Å². The number of hydrogen-bond donors (Lipinski definition) is 1. The molecular weight excluding hydrogens is 418 g/mol. The number of aromatic nitrogens is 2. The Morgan fingerprint density at radius 1 is 1.18 bits per heavy atom. The Morgan fingerprint density at radius 2 is 1.88 bits per heavy atom. The minimum absolute atomic E-state index is 0.0232. The van der Waals surface area contributed by atoms with Gasteiger partial charge in [0.2, 0.25) is 17.7 Å². The first kappa shape index (κ1) is 24.5. The first-order valence-electron chi connectivity index (χ1n) is 11.6. The molecule has 8 nitrogen and oxygen atoms in total. The number of carbonyl (C=O) groups excluding carboxylic acids is 3. The molecule has 2 aromatic rings. The van der Waals surface area contributed by atoms with Crippen molar-refractivity contribution >= 4 is 17.7 Å². The van der Waals surface area contributed by atoms with Gasteiger partial charge in [-0.3, -0.25) is 19.1 Å². The third-order valence-corrected chi connectivity index (χ3v) is 6.62. The number of carbonyl (C=O) groups is 3. The van der Waals surface area contributed by atoms with Crippen molar-refractivity contribution in [2.24, 2.45) is 5.92 Å². The van der Waals surface area contributed by atoms with Crippen LogP contribution in [0.1, 0.15) is 37.8 Å². The Morgan fingerprint density at radius 3 is 2.48 bits per heavy atom. The third kappa shape index (κ3) is 6.43. The summed E-state index contributed by atoms with van der Waals surface area (Å²) >= 11 is 0. The predicted molar refractivity (Wildman–Crippen MR) is 126 cm³/mol. The van der Waals surface area contributed by atoms with Crippen LogP contribution in [0.2, 0.25) is 0 Å². The molecule has 0 aliphatic carbocycles. The van der Waals surface area contributed by atoms with Crippen LogP contribution in [0.3, 0.4) is 0 Å². The van der Waals surface area contributed by atoms with Crippen molar-refractivity contribution in [1.29, 1.82) is 0 Å². The highest BCUT2D eigenvalue weighted by Crippen LogP contribution is 2.28. The Balaban J connectivity index is 1.71. The number of nitrogens with zero attached hydrogens (tertiary/aromatic N) is 4. The number of likely N-dealkylation sites (tertiary alicyclic amines) is 1. The average molecular weight is 454 g/mol. The van der Waals surface area contributed by atoms with Gasteiger partial charge in [0, 0.05) is 45.5 Å². The predicted octanol–water partition coefficient (Wildman–Crippen LogP) is 2.02. The zero-order valence-corrected chi connectivity index (χ0v) is 20.0. The van der Waals surface area contributed by atoms with E-state index in [9.17, 15) is 14.4 Å². The Bertz CT molecular complexity index is 951. The maximum absolute atomic E-state index is 13.1. The number of benzene rings is 1. The van der Waals surface area contributed by atoms with Gasteiger partial charge in [-0.05, 0) is 56.2 Å². The van der Waals surface area contributed by atoms with Crippen molar-refractivity contribution < 1.29 is 14.4 Å². The standard InChI is InChI=1S/C25H35N5O3/c1-18-8-5-6-9-22(18)16-23(28(4)24(32)17-30-13-7-12-26-30)21-10-14-29(15-11-21)25(33)19(2)27-20(3)31/h5-9,12-13,19,21,23H,10-11,14-17H2,1-4H3,(H,27,31)/t19-,23?/m0/s1. The number of amides is 3. The average Bonchev–Trinajstić information content (AvgIpc) is 3.30. The second-order valence-electron chi connectivity index (χ2n) is 8.99. The van der Waals surface area contributed by atoms with Crippen molar-refractivity contribution in [3.05, 3.63) is 53.9 Å². The fourth-order valence-corrected chi connectivity index (χ4v) is 4.66. The Labute approximate surface area is 195 Å². The topological polar surface area (TPSA) is 87.5 Å². The molecule has 3 rings (SSSR count). The van der Waals surface area contributed by atoms with Gasteiger partial charge in [0.1, 0.15) is 12.6 Å². The molecule has 1 N–H and O–H groups in total. The SMILES string of the molecule is CC(=O)N[C@@H](C)C(=O)N1CCC(C(Cc2ccccc2C)N(C)C(=O)Cn2cccn2)CC1. The van der Waals surface area contributed by atoms with Crippen molar-refractivity contribution in [2.75, 3.05) is 20.1 Å². The molecule has 178 valence electrons. The van der Waals surface area contributed by atoms with E-state index in [1.54, 1.807) is 24.0 Å². The second kappa shape index (κ2) is 11.1. The fraction of sp³-hybridized carbons (Fsp3) is 0.520. The van der Waals surface area contributed by atoms with E-state index in [1.165, 1.54) is 18.1 Å². The number of nitrogens with one attached hydrogen (secondary N) is 1. The molecule has 0 spiro atoms. The third-order valence-electron chi connectivity index (χ3n) is 6.62. The zero-order valence-electron chi connectivity index (χ0n) is 20.0. The largest absolute Gasteiger partial charge is 0.345 e. The van der Waals surface area contributed by atoms with Crippen LogP contribution in [-0.4, -0.2) is 69.5 Å². The molecule has 33 heavy (non-hydrogen) atoms. The van der Waals surface area contributed by atoms with E-state index in [-0.39, 0.29) is 36.2 Å². The first-order valence-corrected chi connectivity index (χ1v) is 11.6. The molecule has 1 saturated heterocycles. The van der Waals surface area contributed by atoms with Gasteiger partial charge in [0.05, 0.1) is 0 Å². The molecule has 1 aromatic heterocycles. The van der Waals surface area contributed by atoms with Crippen LogP contribution in [0.15, 0.2) is 42.7 Å². The summed E-state index contributed by atoms with van der Waals surface area (Å²) in [5.41, 5.74) is 2.45. The number of rotatable bonds is 8. The summed E-state index contributed by atoms with van der Waals surface area (Å²) < 4.78 is 1.65. The monoisotopic (exact) mass is 453 g/mol. The Kier molecular flexibility index (Phi) is 8.25. The summed E-state index contributed by atoms with van der Waals surface area (Å²) in [6.07, 6.45) is 5.87. The van der Waals surface area contributed by atoms with Gasteiger partial charge < -0.3 is 15.1 Å². The van der Waals surface area contributed by atoms with Crippen molar-refractivity contribution in [3.63, 3.8) is 0 Å². The lowest BCUT2D eigenvalue weighted by atomic mass is 9.84. The minimum atomic E-state index is -0.528. The number of aryl methyl sites for hydroxylation is 1. The van der Waals surface area contributed by atoms with E-state index in [2.05, 4.69) is 29.5 Å². The highest BCUT2D eigenvalue weighted by atomic mass is 16.2. The minimum Gasteiger partial charge on any atom is -0.345 e. The van der Waals surface area contributed by atoms with Crippen LogP contribution in [0.25, 0.3) is 0 Å². The van der Waals surface area contributed by atoms with Crippen LogP contribution in [0, 0.1) is 12.8 Å². The van der Waals surface area contributed by atoms with Crippen LogP contribution < -0.4 is 5.32 Å². The molecule has 1 fully saturated rings. The summed E-state index contributed by atoms with van der Waals surface area (Å²) in [7, 11) is 1.88. The lowest BCUT2D eigenvalue weighted by molar-refractivity contribution is -0.138. The van der Waals surface area contributed by atoms with Crippen LogP contribution >= 0.6 is 0 Å². The van der Waals surface area contributed by atoms with Crippen molar-refractivity contribution in [3.8, 4) is 0 Å². The van der Waals surface area contributed by atoms with Gasteiger partial charge in [0.25, 0.3) is 0 Å². The van der Waals surface area contributed by atoms with E-state index < -0.39 is 6.04 Å². The summed E-state index contributed by atoms with van der Waals surface area (Å²) in [4.78, 5) is 40.8. The van der Waals surface area contributed by atoms with Gasteiger partial charge in [-0.2, -0.15) is 5.10 Å². The molecule has 1 unspecified atom stereocenters. The van der Waals surface area contributed by atoms with Crippen LogP contribution in [-0.2, 0) is 27.3 Å². The van der Waals surface area contributed by atoms with Gasteiger partial charge in [0.15, 0.2) is 0 Å². The zero-order chi connectivity index (χ0) is 24.0. The summed E-state index contributed by atoms with van der Waals surface area (Å²) in [5, 5.41) is 6.85. The van der Waals surface area contributed by atoms with Gasteiger partial charge in [-0.15, -0.1) is 0 Å². The number of piperidine rings is 1. The van der Waals surface area contributed by atoms with E-state index in [0.29, 0.717) is 13.1 Å². The maximum Gasteiger partial charge on any atom is 0.244 e. The van der Waals surface area contributed by atoms with Gasteiger partial charge >= 0.3 is 0 Å². The second-order valence-corrected chi connectivity index (χ2v) is 8.99. The highest BCUT2D eigenvalue weighted by Gasteiger charge is 2.34. The molecule has 3 amide bonds. The van der Waals surface area contributed by atoms with Crippen molar-refractivity contribution in [2.45, 2.75) is 58.7 Å². The fourth-order valence-electron chi connectivity index (χ4n) is 4.66. The lowest BCUT2D eigenvalue weighted by Gasteiger charge is -2.41.